The molecule has 1 aromatic carbocycles. The number of methoxy groups -OCH3 is 2. The molecule has 19 heavy (non-hydrogen) atoms. The molecule has 108 valence electrons. The molecule has 0 radical (unpaired) electrons. The van der Waals surface area contributed by atoms with Crippen LogP contribution >= 0.6 is 0 Å². The molecule has 0 saturated carbocycles. The van der Waals surface area contributed by atoms with Crippen molar-refractivity contribution in [1.29, 1.82) is 0 Å². The van der Waals surface area contributed by atoms with Crippen LogP contribution in [-0.2, 0) is 9.47 Å². The van der Waals surface area contributed by atoms with Crippen molar-refractivity contribution in [1.82, 2.24) is 0 Å². The lowest BCUT2D eigenvalue weighted by Crippen LogP contribution is -2.18. The Balaban J connectivity index is 2.58. The van der Waals surface area contributed by atoms with Crippen LogP contribution in [0.5, 0.6) is 0 Å². The normalized spacial score (nSPS) is 14.6. The standard InChI is InChI=1S/C16H26O3/c1-13(12-16(18-2)19-3)11-15(9-10-17)14-7-5-4-6-8-14/h4-8,13,15-17H,9-12H2,1-3H3/t13-,15-/m0/s1. The second kappa shape index (κ2) is 9.08. The third kappa shape index (κ3) is 5.72. The van der Waals surface area contributed by atoms with Crippen molar-refractivity contribution in [2.75, 3.05) is 20.8 Å². The van der Waals surface area contributed by atoms with Crippen molar-refractivity contribution >= 4 is 0 Å². The number of aliphatic hydroxyl groups excluding tert-OH is 1. The lowest BCUT2D eigenvalue weighted by molar-refractivity contribution is -0.113. The number of aliphatic hydroxyl groups is 1. The number of hydrogen-bond acceptors (Lipinski definition) is 3. The maximum absolute atomic E-state index is 9.24. The van der Waals surface area contributed by atoms with E-state index in [9.17, 15) is 5.11 Å². The van der Waals surface area contributed by atoms with Crippen LogP contribution in [0.1, 0.15) is 37.7 Å². The summed E-state index contributed by atoms with van der Waals surface area (Å²) in [5.41, 5.74) is 1.30. The molecule has 0 aliphatic heterocycles. The molecule has 0 bridgehead atoms. The molecule has 0 spiro atoms. The summed E-state index contributed by atoms with van der Waals surface area (Å²) in [5, 5.41) is 9.24. The van der Waals surface area contributed by atoms with E-state index < -0.39 is 0 Å². The Morgan fingerprint density at radius 1 is 1.05 bits per heavy atom. The molecule has 1 N–H and O–H groups in total. The molecular weight excluding hydrogens is 240 g/mol. The molecule has 1 aromatic rings. The SMILES string of the molecule is COC(C[C@@H](C)C[C@H](CCO)c1ccccc1)OC. The molecule has 3 nitrogen and oxygen atoms in total. The largest absolute Gasteiger partial charge is 0.396 e. The van der Waals surface area contributed by atoms with E-state index in [2.05, 4.69) is 31.2 Å². The van der Waals surface area contributed by atoms with E-state index in [0.29, 0.717) is 11.8 Å². The van der Waals surface area contributed by atoms with Crippen molar-refractivity contribution in [2.45, 2.75) is 38.4 Å². The zero-order valence-corrected chi connectivity index (χ0v) is 12.2. The van der Waals surface area contributed by atoms with Gasteiger partial charge in [-0.1, -0.05) is 37.3 Å². The molecule has 0 saturated heterocycles. The van der Waals surface area contributed by atoms with Gasteiger partial charge in [-0.3, -0.25) is 0 Å². The summed E-state index contributed by atoms with van der Waals surface area (Å²) in [5.74, 6) is 0.886. The van der Waals surface area contributed by atoms with E-state index >= 15 is 0 Å². The lowest BCUT2D eigenvalue weighted by Gasteiger charge is -2.23. The quantitative estimate of drug-likeness (QED) is 0.698. The molecule has 2 atom stereocenters. The maximum Gasteiger partial charge on any atom is 0.157 e. The first-order chi connectivity index (χ1) is 9.21. The predicted octanol–water partition coefficient (Wildman–Crippen LogP) is 3.19. The van der Waals surface area contributed by atoms with Crippen molar-refractivity contribution in [3.8, 4) is 0 Å². The zero-order chi connectivity index (χ0) is 14.1. The zero-order valence-electron chi connectivity index (χ0n) is 12.2. The van der Waals surface area contributed by atoms with Gasteiger partial charge in [0.15, 0.2) is 6.29 Å². The summed E-state index contributed by atoms with van der Waals surface area (Å²) in [4.78, 5) is 0. The summed E-state index contributed by atoms with van der Waals surface area (Å²) in [7, 11) is 3.34. The van der Waals surface area contributed by atoms with E-state index in [0.717, 1.165) is 19.3 Å². The van der Waals surface area contributed by atoms with Gasteiger partial charge in [-0.2, -0.15) is 0 Å². The first-order valence-corrected chi connectivity index (χ1v) is 6.92. The highest BCUT2D eigenvalue weighted by atomic mass is 16.7. The average molecular weight is 266 g/mol. The Hall–Kier alpha value is -0.900. The summed E-state index contributed by atoms with van der Waals surface area (Å²) in [6.07, 6.45) is 2.58. The lowest BCUT2D eigenvalue weighted by atomic mass is 9.86. The second-order valence-corrected chi connectivity index (χ2v) is 5.10. The van der Waals surface area contributed by atoms with Crippen LogP contribution in [0.4, 0.5) is 0 Å². The van der Waals surface area contributed by atoms with Crippen LogP contribution in [-0.4, -0.2) is 32.2 Å². The molecule has 0 aliphatic rings. The minimum atomic E-state index is -0.138. The van der Waals surface area contributed by atoms with Crippen LogP contribution < -0.4 is 0 Å². The molecule has 0 fully saturated rings. The monoisotopic (exact) mass is 266 g/mol. The Morgan fingerprint density at radius 3 is 2.21 bits per heavy atom. The Kier molecular flexibility index (Phi) is 7.72. The van der Waals surface area contributed by atoms with Gasteiger partial charge in [0.2, 0.25) is 0 Å². The summed E-state index contributed by atoms with van der Waals surface area (Å²) in [6.45, 7) is 2.43. The molecular formula is C16H26O3. The Morgan fingerprint density at radius 2 is 1.68 bits per heavy atom. The predicted molar refractivity (Wildman–Crippen MR) is 77.1 cm³/mol. The van der Waals surface area contributed by atoms with Crippen LogP contribution in [0.2, 0.25) is 0 Å². The van der Waals surface area contributed by atoms with Crippen LogP contribution in [0.25, 0.3) is 0 Å². The number of ether oxygens (including phenoxy) is 2. The smallest absolute Gasteiger partial charge is 0.157 e. The van der Waals surface area contributed by atoms with Gasteiger partial charge in [0, 0.05) is 27.2 Å². The molecule has 0 aliphatic carbocycles. The fourth-order valence-electron chi connectivity index (χ4n) is 2.50. The van der Waals surface area contributed by atoms with Crippen molar-refractivity contribution in [2.24, 2.45) is 5.92 Å². The van der Waals surface area contributed by atoms with Gasteiger partial charge in [-0.05, 0) is 30.2 Å². The van der Waals surface area contributed by atoms with Gasteiger partial charge in [-0.25, -0.2) is 0 Å². The first-order valence-electron chi connectivity index (χ1n) is 6.92. The van der Waals surface area contributed by atoms with Gasteiger partial charge < -0.3 is 14.6 Å². The summed E-state index contributed by atoms with van der Waals surface area (Å²) < 4.78 is 10.5. The van der Waals surface area contributed by atoms with Crippen molar-refractivity contribution in [3.63, 3.8) is 0 Å². The van der Waals surface area contributed by atoms with Crippen LogP contribution in [0, 0.1) is 5.92 Å². The Labute approximate surface area is 116 Å². The second-order valence-electron chi connectivity index (χ2n) is 5.10. The van der Waals surface area contributed by atoms with Crippen molar-refractivity contribution < 1.29 is 14.6 Å². The minimum Gasteiger partial charge on any atom is -0.396 e. The van der Waals surface area contributed by atoms with Gasteiger partial charge in [0.25, 0.3) is 0 Å². The average Bonchev–Trinajstić information content (AvgIpc) is 2.45. The fourth-order valence-corrected chi connectivity index (χ4v) is 2.50. The third-order valence-electron chi connectivity index (χ3n) is 3.56. The highest BCUT2D eigenvalue weighted by molar-refractivity contribution is 5.19. The Bertz CT molecular complexity index is 322. The highest BCUT2D eigenvalue weighted by Gasteiger charge is 2.18. The maximum atomic E-state index is 9.24. The molecule has 1 rings (SSSR count). The summed E-state index contributed by atoms with van der Waals surface area (Å²) in [6, 6.07) is 10.4. The molecule has 0 aromatic heterocycles. The van der Waals surface area contributed by atoms with Gasteiger partial charge >= 0.3 is 0 Å². The van der Waals surface area contributed by atoms with Gasteiger partial charge in [-0.15, -0.1) is 0 Å². The molecule has 3 heteroatoms. The fraction of sp³-hybridized carbons (Fsp3) is 0.625. The topological polar surface area (TPSA) is 38.7 Å². The van der Waals surface area contributed by atoms with E-state index in [1.807, 2.05) is 6.07 Å². The molecule has 0 amide bonds. The van der Waals surface area contributed by atoms with E-state index in [1.54, 1.807) is 14.2 Å². The van der Waals surface area contributed by atoms with E-state index in [-0.39, 0.29) is 12.9 Å². The highest BCUT2D eigenvalue weighted by Crippen LogP contribution is 2.29. The van der Waals surface area contributed by atoms with Crippen LogP contribution in [0.15, 0.2) is 30.3 Å². The number of hydrogen-bond donors (Lipinski definition) is 1. The molecule has 0 unspecified atom stereocenters. The minimum absolute atomic E-state index is 0.138. The van der Waals surface area contributed by atoms with E-state index in [1.165, 1.54) is 5.56 Å². The molecule has 0 heterocycles. The number of benzene rings is 1. The summed E-state index contributed by atoms with van der Waals surface area (Å²) >= 11 is 0. The van der Waals surface area contributed by atoms with Gasteiger partial charge in [0.05, 0.1) is 0 Å². The first kappa shape index (κ1) is 16.2. The third-order valence-corrected chi connectivity index (χ3v) is 3.56. The van der Waals surface area contributed by atoms with Crippen molar-refractivity contribution in [3.05, 3.63) is 35.9 Å². The van der Waals surface area contributed by atoms with Crippen LogP contribution in [0.3, 0.4) is 0 Å². The van der Waals surface area contributed by atoms with Gasteiger partial charge in [0.1, 0.15) is 0 Å². The van der Waals surface area contributed by atoms with E-state index in [4.69, 9.17) is 9.47 Å². The number of rotatable bonds is 9.